The lowest BCUT2D eigenvalue weighted by molar-refractivity contribution is -0.144. The van der Waals surface area contributed by atoms with E-state index in [2.05, 4.69) is 10.3 Å². The molecule has 0 bridgehead atoms. The molecule has 0 saturated carbocycles. The molecule has 0 aliphatic carbocycles. The van der Waals surface area contributed by atoms with Crippen LogP contribution in [0.2, 0.25) is 0 Å². The van der Waals surface area contributed by atoms with Crippen LogP contribution in [-0.2, 0) is 38.0 Å². The van der Waals surface area contributed by atoms with Gasteiger partial charge in [-0.15, -0.1) is 0 Å². The number of carbonyl (C=O) groups is 4. The van der Waals surface area contributed by atoms with Crippen LogP contribution in [0.1, 0.15) is 55.6 Å². The standard InChI is InChI=1S/C31H36FN5O8S/c1-4-6-7-11-16-46(42,43)45-22-14-15-23(32)24(17-22)34-28(39)26(27(38)25-18-33-20-35(25)3)37-29(40)30(44-5-2)36(31(37)41)19-21-12-9-8-10-13-21/h8-10,12-15,17-18,20,26,30H,4-7,11,16,19H2,1-3H3,(H,34,39). The molecule has 4 rings (SSSR count). The molecule has 13 nitrogen and oxygen atoms in total. The number of rotatable bonds is 16. The second-order valence-electron chi connectivity index (χ2n) is 10.6. The molecule has 1 aromatic heterocycles. The van der Waals surface area contributed by atoms with Crippen LogP contribution in [0, 0.1) is 5.82 Å². The molecule has 46 heavy (non-hydrogen) atoms. The number of imide groups is 1. The molecule has 3 aromatic rings. The summed E-state index contributed by atoms with van der Waals surface area (Å²) in [4.78, 5) is 60.6. The number of unbranched alkanes of at least 4 members (excludes halogenated alkanes) is 3. The van der Waals surface area contributed by atoms with E-state index in [4.69, 9.17) is 8.92 Å². The van der Waals surface area contributed by atoms with Crippen molar-refractivity contribution in [1.82, 2.24) is 19.4 Å². The van der Waals surface area contributed by atoms with Gasteiger partial charge in [0.15, 0.2) is 6.04 Å². The van der Waals surface area contributed by atoms with Crippen LogP contribution >= 0.6 is 0 Å². The first-order valence-corrected chi connectivity index (χ1v) is 16.4. The minimum absolute atomic E-state index is 0.0366. The SMILES string of the molecule is CCCCCCS(=O)(=O)Oc1ccc(F)c(NC(=O)C(C(=O)c2cncn2C)N2C(=O)C(OCC)N(Cc3ccccc3)C2=O)c1. The summed E-state index contributed by atoms with van der Waals surface area (Å²) in [6.45, 7) is 3.58. The number of nitrogens with zero attached hydrogens (tertiary/aromatic N) is 4. The number of aryl methyl sites for hydroxylation is 1. The fraction of sp³-hybridized carbons (Fsp3) is 0.387. The number of nitrogens with one attached hydrogen (secondary N) is 1. The summed E-state index contributed by atoms with van der Waals surface area (Å²) in [6, 6.07) is 8.57. The summed E-state index contributed by atoms with van der Waals surface area (Å²) < 4.78 is 51.9. The van der Waals surface area contributed by atoms with Gasteiger partial charge in [0.1, 0.15) is 17.3 Å². The van der Waals surface area contributed by atoms with Crippen LogP contribution in [0.5, 0.6) is 5.75 Å². The number of ether oxygens (including phenoxy) is 1. The van der Waals surface area contributed by atoms with Crippen molar-refractivity contribution in [1.29, 1.82) is 0 Å². The molecule has 0 spiro atoms. The van der Waals surface area contributed by atoms with Gasteiger partial charge < -0.3 is 18.8 Å². The zero-order valence-electron chi connectivity index (χ0n) is 25.7. The van der Waals surface area contributed by atoms with Gasteiger partial charge in [-0.05, 0) is 31.0 Å². The number of hydrogen-bond donors (Lipinski definition) is 1. The molecule has 2 unspecified atom stereocenters. The number of urea groups is 1. The Hall–Kier alpha value is -4.63. The largest absolute Gasteiger partial charge is 0.382 e. The molecule has 246 valence electrons. The summed E-state index contributed by atoms with van der Waals surface area (Å²) in [7, 11) is -2.54. The van der Waals surface area contributed by atoms with Crippen LogP contribution in [0.15, 0.2) is 61.1 Å². The van der Waals surface area contributed by atoms with E-state index in [1.165, 1.54) is 17.9 Å². The van der Waals surface area contributed by atoms with Crippen molar-refractivity contribution >= 4 is 39.4 Å². The summed E-state index contributed by atoms with van der Waals surface area (Å²) >= 11 is 0. The van der Waals surface area contributed by atoms with Gasteiger partial charge >= 0.3 is 16.1 Å². The van der Waals surface area contributed by atoms with Gasteiger partial charge in [-0.3, -0.25) is 19.3 Å². The highest BCUT2D eigenvalue weighted by Crippen LogP contribution is 2.28. The highest BCUT2D eigenvalue weighted by Gasteiger charge is 2.53. The van der Waals surface area contributed by atoms with Crippen molar-refractivity contribution in [3.63, 3.8) is 0 Å². The number of amides is 4. The van der Waals surface area contributed by atoms with Crippen LogP contribution in [-0.4, -0.2) is 76.0 Å². The first-order valence-electron chi connectivity index (χ1n) is 14.8. The Balaban J connectivity index is 1.66. The smallest absolute Gasteiger partial charge is 0.330 e. The summed E-state index contributed by atoms with van der Waals surface area (Å²) in [6.07, 6.45) is 3.86. The molecule has 1 aliphatic heterocycles. The number of Topliss-reactive ketones (excluding diaryl/α,β-unsaturated/α-hetero) is 1. The molecule has 1 fully saturated rings. The average Bonchev–Trinajstić information content (AvgIpc) is 3.54. The number of benzene rings is 2. The Morgan fingerprint density at radius 3 is 2.46 bits per heavy atom. The third-order valence-electron chi connectivity index (χ3n) is 7.19. The predicted octanol–water partition coefficient (Wildman–Crippen LogP) is 3.87. The van der Waals surface area contributed by atoms with Crippen molar-refractivity contribution in [2.45, 2.75) is 58.3 Å². The number of anilines is 1. The molecular formula is C31H36FN5O8S. The van der Waals surface area contributed by atoms with E-state index in [0.29, 0.717) is 23.3 Å². The van der Waals surface area contributed by atoms with E-state index >= 15 is 0 Å². The summed E-state index contributed by atoms with van der Waals surface area (Å²) in [5.74, 6) is -4.69. The normalized spacial score (nSPS) is 15.7. The predicted molar refractivity (Wildman–Crippen MR) is 165 cm³/mol. The zero-order chi connectivity index (χ0) is 33.4. The Morgan fingerprint density at radius 1 is 1.07 bits per heavy atom. The number of imidazole rings is 1. The van der Waals surface area contributed by atoms with Gasteiger partial charge in [0.05, 0.1) is 30.5 Å². The quantitative estimate of drug-likeness (QED) is 0.0794. The van der Waals surface area contributed by atoms with Gasteiger partial charge in [0.2, 0.25) is 12.0 Å². The van der Waals surface area contributed by atoms with E-state index < -0.39 is 57.5 Å². The van der Waals surface area contributed by atoms with Crippen LogP contribution in [0.3, 0.4) is 0 Å². The highest BCUT2D eigenvalue weighted by molar-refractivity contribution is 7.87. The van der Waals surface area contributed by atoms with Crippen molar-refractivity contribution in [2.75, 3.05) is 17.7 Å². The van der Waals surface area contributed by atoms with Crippen LogP contribution < -0.4 is 9.50 Å². The van der Waals surface area contributed by atoms with Crippen LogP contribution in [0.25, 0.3) is 0 Å². The van der Waals surface area contributed by atoms with Gasteiger partial charge in [-0.25, -0.2) is 19.1 Å². The fourth-order valence-electron chi connectivity index (χ4n) is 4.91. The third-order valence-corrected chi connectivity index (χ3v) is 8.43. The number of aromatic nitrogens is 2. The Kier molecular flexibility index (Phi) is 11.2. The molecule has 1 N–H and O–H groups in total. The van der Waals surface area contributed by atoms with Gasteiger partial charge in [0.25, 0.3) is 11.8 Å². The van der Waals surface area contributed by atoms with E-state index in [0.717, 1.165) is 42.1 Å². The van der Waals surface area contributed by atoms with E-state index in [1.54, 1.807) is 37.3 Å². The average molecular weight is 658 g/mol. The first kappa shape index (κ1) is 34.2. The first-order chi connectivity index (χ1) is 22.0. The lowest BCUT2D eigenvalue weighted by atomic mass is 10.1. The van der Waals surface area contributed by atoms with E-state index in [9.17, 15) is 32.0 Å². The lowest BCUT2D eigenvalue weighted by Gasteiger charge is -2.24. The van der Waals surface area contributed by atoms with E-state index in [1.807, 2.05) is 6.92 Å². The minimum Gasteiger partial charge on any atom is -0.382 e. The lowest BCUT2D eigenvalue weighted by Crippen LogP contribution is -2.53. The molecule has 2 atom stereocenters. The zero-order valence-corrected chi connectivity index (χ0v) is 26.5. The number of ketones is 1. The Bertz CT molecular complexity index is 1680. The molecule has 1 saturated heterocycles. The fourth-order valence-corrected chi connectivity index (χ4v) is 5.95. The Morgan fingerprint density at radius 2 is 1.80 bits per heavy atom. The topological polar surface area (TPSA) is 157 Å². The van der Waals surface area contributed by atoms with Crippen molar-refractivity contribution < 1.29 is 40.9 Å². The van der Waals surface area contributed by atoms with Gasteiger partial charge in [-0.1, -0.05) is 56.5 Å². The second kappa shape index (κ2) is 15.1. The van der Waals surface area contributed by atoms with Gasteiger partial charge in [-0.2, -0.15) is 8.42 Å². The maximum atomic E-state index is 15.0. The van der Waals surface area contributed by atoms with Crippen molar-refractivity contribution in [3.05, 3.63) is 78.1 Å². The third kappa shape index (κ3) is 7.95. The molecular weight excluding hydrogens is 621 g/mol. The number of halogens is 1. The monoisotopic (exact) mass is 657 g/mol. The molecule has 2 heterocycles. The van der Waals surface area contributed by atoms with E-state index in [-0.39, 0.29) is 30.3 Å². The number of hydrogen-bond acceptors (Lipinski definition) is 9. The summed E-state index contributed by atoms with van der Waals surface area (Å²) in [5.41, 5.74) is 0.0170. The molecule has 2 aromatic carbocycles. The Labute approximate surface area is 266 Å². The van der Waals surface area contributed by atoms with Crippen molar-refractivity contribution in [2.24, 2.45) is 7.05 Å². The van der Waals surface area contributed by atoms with Crippen molar-refractivity contribution in [3.8, 4) is 5.75 Å². The highest BCUT2D eigenvalue weighted by atomic mass is 32.2. The maximum Gasteiger partial charge on any atom is 0.330 e. The van der Waals surface area contributed by atoms with Crippen LogP contribution in [0.4, 0.5) is 14.9 Å². The van der Waals surface area contributed by atoms with Gasteiger partial charge in [0, 0.05) is 19.7 Å². The molecule has 15 heteroatoms. The second-order valence-corrected chi connectivity index (χ2v) is 12.3. The number of carbonyl (C=O) groups excluding carboxylic acids is 4. The molecule has 4 amide bonds. The summed E-state index contributed by atoms with van der Waals surface area (Å²) in [5, 5.41) is 2.24. The molecule has 1 aliphatic rings. The molecule has 0 radical (unpaired) electrons. The minimum atomic E-state index is -4.02. The maximum absolute atomic E-state index is 15.0.